The van der Waals surface area contributed by atoms with E-state index >= 15 is 0 Å². The Balaban J connectivity index is 1.46. The number of ether oxygens (including phenoxy) is 1. The molecule has 8 heteroatoms. The van der Waals surface area contributed by atoms with Gasteiger partial charge in [0.25, 0.3) is 5.91 Å². The number of amides is 1. The second-order valence-corrected chi connectivity index (χ2v) is 5.95. The highest BCUT2D eigenvalue weighted by Gasteiger charge is 2.13. The molecule has 1 aliphatic rings. The minimum atomic E-state index is -0.149. The van der Waals surface area contributed by atoms with Gasteiger partial charge in [0.15, 0.2) is 5.13 Å². The van der Waals surface area contributed by atoms with E-state index in [9.17, 15) is 4.79 Å². The van der Waals surface area contributed by atoms with Crippen molar-refractivity contribution in [1.82, 2.24) is 20.2 Å². The number of hydrogen-bond donors (Lipinski definition) is 2. The van der Waals surface area contributed by atoms with Crippen LogP contribution in [-0.2, 0) is 4.74 Å². The number of pyridine rings is 1. The van der Waals surface area contributed by atoms with Gasteiger partial charge in [0.2, 0.25) is 0 Å². The van der Waals surface area contributed by atoms with Crippen LogP contribution in [0, 0.1) is 0 Å². The van der Waals surface area contributed by atoms with Crippen molar-refractivity contribution < 1.29 is 9.53 Å². The minimum Gasteiger partial charge on any atom is -0.379 e. The van der Waals surface area contributed by atoms with E-state index in [-0.39, 0.29) is 5.91 Å². The molecule has 2 N–H and O–H groups in total. The summed E-state index contributed by atoms with van der Waals surface area (Å²) < 4.78 is 5.30. The van der Waals surface area contributed by atoms with E-state index in [2.05, 4.69) is 25.5 Å². The van der Waals surface area contributed by atoms with Crippen LogP contribution in [0.3, 0.4) is 0 Å². The zero-order chi connectivity index (χ0) is 15.9. The maximum absolute atomic E-state index is 12.1. The predicted octanol–water partition coefficient (Wildman–Crippen LogP) is 1.34. The van der Waals surface area contributed by atoms with Gasteiger partial charge in [-0.2, -0.15) is 0 Å². The molecule has 0 atom stereocenters. The monoisotopic (exact) mass is 333 g/mol. The van der Waals surface area contributed by atoms with Crippen molar-refractivity contribution in [3.8, 4) is 0 Å². The Bertz CT molecular complexity index is 628. The third kappa shape index (κ3) is 4.72. The number of morpholine rings is 1. The highest BCUT2D eigenvalue weighted by Crippen LogP contribution is 2.19. The lowest BCUT2D eigenvalue weighted by atomic mass is 10.4. The lowest BCUT2D eigenvalue weighted by Gasteiger charge is -2.26. The molecule has 0 aromatic carbocycles. The van der Waals surface area contributed by atoms with E-state index in [4.69, 9.17) is 4.74 Å². The fourth-order valence-electron chi connectivity index (χ4n) is 2.22. The predicted molar refractivity (Wildman–Crippen MR) is 89.2 cm³/mol. The molecule has 0 aliphatic carbocycles. The summed E-state index contributed by atoms with van der Waals surface area (Å²) in [4.78, 5) is 22.8. The second kappa shape index (κ2) is 8.00. The number of nitrogens with zero attached hydrogens (tertiary/aromatic N) is 3. The van der Waals surface area contributed by atoms with E-state index < -0.39 is 0 Å². The fourth-order valence-corrected chi connectivity index (χ4v) is 2.92. The maximum Gasteiger partial charge on any atom is 0.270 e. The molecule has 0 bridgehead atoms. The number of hydrogen-bond acceptors (Lipinski definition) is 7. The fraction of sp³-hybridized carbons (Fsp3) is 0.400. The summed E-state index contributed by atoms with van der Waals surface area (Å²) in [6, 6.07) is 5.59. The summed E-state index contributed by atoms with van der Waals surface area (Å²) in [6.07, 6.45) is 1.70. The summed E-state index contributed by atoms with van der Waals surface area (Å²) >= 11 is 1.38. The Morgan fingerprint density at radius 2 is 2.22 bits per heavy atom. The highest BCUT2D eigenvalue weighted by atomic mass is 32.1. The van der Waals surface area contributed by atoms with Gasteiger partial charge in [-0.1, -0.05) is 6.07 Å². The zero-order valence-electron chi connectivity index (χ0n) is 12.7. The first-order valence-electron chi connectivity index (χ1n) is 7.53. The van der Waals surface area contributed by atoms with Gasteiger partial charge in [0.1, 0.15) is 11.5 Å². The first-order valence-corrected chi connectivity index (χ1v) is 8.41. The number of rotatable bonds is 6. The Hall–Kier alpha value is -2.03. The molecule has 2 aromatic heterocycles. The highest BCUT2D eigenvalue weighted by molar-refractivity contribution is 7.14. The van der Waals surface area contributed by atoms with Crippen LogP contribution in [0.1, 0.15) is 10.5 Å². The Labute approximate surface area is 138 Å². The van der Waals surface area contributed by atoms with Gasteiger partial charge in [-0.05, 0) is 12.1 Å². The average Bonchev–Trinajstić information content (AvgIpc) is 3.05. The first kappa shape index (κ1) is 15.9. The SMILES string of the molecule is O=C(NCCN1CCOCC1)c1csc(Nc2ccccn2)n1. The normalized spacial score (nSPS) is 15.3. The Kier molecular flexibility index (Phi) is 5.51. The molecule has 3 heterocycles. The Morgan fingerprint density at radius 1 is 1.35 bits per heavy atom. The van der Waals surface area contributed by atoms with E-state index in [1.165, 1.54) is 11.3 Å². The van der Waals surface area contributed by atoms with Gasteiger partial charge in [0, 0.05) is 37.8 Å². The van der Waals surface area contributed by atoms with Gasteiger partial charge in [0.05, 0.1) is 13.2 Å². The van der Waals surface area contributed by atoms with Crippen LogP contribution in [0.25, 0.3) is 0 Å². The molecule has 1 fully saturated rings. The quantitative estimate of drug-likeness (QED) is 0.831. The van der Waals surface area contributed by atoms with E-state index in [0.717, 1.165) is 32.8 Å². The zero-order valence-corrected chi connectivity index (χ0v) is 13.5. The number of anilines is 2. The third-order valence-electron chi connectivity index (χ3n) is 3.45. The molecule has 7 nitrogen and oxygen atoms in total. The third-order valence-corrected chi connectivity index (χ3v) is 4.21. The van der Waals surface area contributed by atoms with E-state index in [1.54, 1.807) is 11.6 Å². The molecule has 3 rings (SSSR count). The second-order valence-electron chi connectivity index (χ2n) is 5.09. The van der Waals surface area contributed by atoms with Crippen LogP contribution in [0.15, 0.2) is 29.8 Å². The van der Waals surface area contributed by atoms with Crippen LogP contribution in [0.4, 0.5) is 10.9 Å². The van der Waals surface area contributed by atoms with Crippen LogP contribution >= 0.6 is 11.3 Å². The van der Waals surface area contributed by atoms with Gasteiger partial charge < -0.3 is 15.4 Å². The van der Waals surface area contributed by atoms with Crippen LogP contribution in [0.5, 0.6) is 0 Å². The molecule has 0 radical (unpaired) electrons. The van der Waals surface area contributed by atoms with Crippen molar-refractivity contribution in [2.75, 3.05) is 44.7 Å². The largest absolute Gasteiger partial charge is 0.379 e. The summed E-state index contributed by atoms with van der Waals surface area (Å²) in [5.41, 5.74) is 0.426. The van der Waals surface area contributed by atoms with Crippen LogP contribution in [-0.4, -0.2) is 60.2 Å². The molecule has 1 saturated heterocycles. The molecule has 1 amide bonds. The van der Waals surface area contributed by atoms with Crippen LogP contribution < -0.4 is 10.6 Å². The molecular formula is C15H19N5O2S. The van der Waals surface area contributed by atoms with Gasteiger partial charge in [-0.25, -0.2) is 9.97 Å². The van der Waals surface area contributed by atoms with Crippen molar-refractivity contribution in [2.45, 2.75) is 0 Å². The van der Waals surface area contributed by atoms with Gasteiger partial charge in [-0.3, -0.25) is 9.69 Å². The smallest absolute Gasteiger partial charge is 0.270 e. The molecule has 1 aliphatic heterocycles. The standard InChI is InChI=1S/C15H19N5O2S/c21-14(17-5-6-20-7-9-22-10-8-20)12-11-23-15(18-12)19-13-3-1-2-4-16-13/h1-4,11H,5-10H2,(H,17,21)(H,16,18,19). The number of carbonyl (C=O) groups excluding carboxylic acids is 1. The van der Waals surface area contributed by atoms with E-state index in [0.29, 0.717) is 23.2 Å². The minimum absolute atomic E-state index is 0.149. The van der Waals surface area contributed by atoms with Crippen molar-refractivity contribution in [1.29, 1.82) is 0 Å². The summed E-state index contributed by atoms with van der Waals surface area (Å²) in [5.74, 6) is 0.560. The molecular weight excluding hydrogens is 314 g/mol. The lowest BCUT2D eigenvalue weighted by Crippen LogP contribution is -2.41. The van der Waals surface area contributed by atoms with E-state index in [1.807, 2.05) is 18.2 Å². The molecule has 122 valence electrons. The van der Waals surface area contributed by atoms with Gasteiger partial charge in [-0.15, -0.1) is 11.3 Å². The maximum atomic E-state index is 12.1. The van der Waals surface area contributed by atoms with Gasteiger partial charge >= 0.3 is 0 Å². The summed E-state index contributed by atoms with van der Waals surface area (Å²) in [6.45, 7) is 4.82. The molecule has 0 saturated carbocycles. The summed E-state index contributed by atoms with van der Waals surface area (Å²) in [7, 11) is 0. The van der Waals surface area contributed by atoms with Crippen molar-refractivity contribution in [3.63, 3.8) is 0 Å². The number of nitrogens with one attached hydrogen (secondary N) is 2. The van der Waals surface area contributed by atoms with Crippen LogP contribution in [0.2, 0.25) is 0 Å². The van der Waals surface area contributed by atoms with Crippen molar-refractivity contribution in [3.05, 3.63) is 35.5 Å². The Morgan fingerprint density at radius 3 is 3.00 bits per heavy atom. The number of carbonyl (C=O) groups is 1. The topological polar surface area (TPSA) is 79.4 Å². The van der Waals surface area contributed by atoms with Crippen molar-refractivity contribution >= 4 is 28.2 Å². The molecule has 2 aromatic rings. The molecule has 0 unspecified atom stereocenters. The first-order chi connectivity index (χ1) is 11.3. The number of thiazole rings is 1. The summed E-state index contributed by atoms with van der Waals surface area (Å²) in [5, 5.41) is 8.38. The average molecular weight is 333 g/mol. The molecule has 23 heavy (non-hydrogen) atoms. The molecule has 0 spiro atoms. The number of aromatic nitrogens is 2. The van der Waals surface area contributed by atoms with Crippen molar-refractivity contribution in [2.24, 2.45) is 0 Å². The lowest BCUT2D eigenvalue weighted by molar-refractivity contribution is 0.0383.